The number of ether oxygens (including phenoxy) is 1. The number of anilines is 1. The molecule has 0 radical (unpaired) electrons. The molecule has 43 heavy (non-hydrogen) atoms. The summed E-state index contributed by atoms with van der Waals surface area (Å²) in [4.78, 5) is 15.6. The van der Waals surface area contributed by atoms with Crippen molar-refractivity contribution in [1.29, 1.82) is 0 Å². The number of nitrogens with one attached hydrogen (secondary N) is 1. The lowest BCUT2D eigenvalue weighted by Gasteiger charge is -2.17. The van der Waals surface area contributed by atoms with Gasteiger partial charge in [-0.2, -0.15) is 5.10 Å². The van der Waals surface area contributed by atoms with Gasteiger partial charge in [-0.15, -0.1) is 0 Å². The van der Waals surface area contributed by atoms with Gasteiger partial charge in [-0.05, 0) is 96.4 Å². The number of nitrogens with zero attached hydrogens (tertiary/aromatic N) is 4. The number of hydrogen-bond donors (Lipinski definition) is 2. The molecule has 242 valence electrons. The van der Waals surface area contributed by atoms with Crippen LogP contribution in [0.5, 0.6) is 0 Å². The minimum atomic E-state index is -0.775. The number of amides is 1. The number of methoxy groups -OCH3 is 1. The van der Waals surface area contributed by atoms with Gasteiger partial charge in [0.15, 0.2) is 11.6 Å². The molecule has 2 atom stereocenters. The Morgan fingerprint density at radius 3 is 2.47 bits per heavy atom. The van der Waals surface area contributed by atoms with Gasteiger partial charge in [-0.25, -0.2) is 13.5 Å². The maximum Gasteiger partial charge on any atom is 0.212 e. The van der Waals surface area contributed by atoms with Gasteiger partial charge in [0.1, 0.15) is 5.82 Å². The average Bonchev–Trinajstić information content (AvgIpc) is 3.76. The molecule has 0 aliphatic carbocycles. The Morgan fingerprint density at radius 1 is 1.19 bits per heavy atom. The van der Waals surface area contributed by atoms with Crippen molar-refractivity contribution in [1.82, 2.24) is 19.6 Å². The number of carbonyl (C=O) groups excluding carboxylic acids is 1. The van der Waals surface area contributed by atoms with Gasteiger partial charge in [0, 0.05) is 31.5 Å². The smallest absolute Gasteiger partial charge is 0.212 e. The lowest BCUT2D eigenvalue weighted by atomic mass is 9.98. The fraction of sp³-hybridized carbons (Fsp3) is 0.576. The molecule has 2 aliphatic rings. The molecule has 1 aromatic heterocycles. The summed E-state index contributed by atoms with van der Waals surface area (Å²) in [6, 6.07) is 4.55. The van der Waals surface area contributed by atoms with Crippen molar-refractivity contribution in [3.05, 3.63) is 64.9 Å². The van der Waals surface area contributed by atoms with Crippen LogP contribution < -0.4 is 11.1 Å². The molecule has 1 amide bonds. The monoisotopic (exact) mass is 604 g/mol. The Morgan fingerprint density at radius 2 is 1.91 bits per heavy atom. The van der Waals surface area contributed by atoms with Crippen molar-refractivity contribution in [3.63, 3.8) is 0 Å². The van der Waals surface area contributed by atoms with Crippen LogP contribution in [0.2, 0.25) is 0 Å². The summed E-state index contributed by atoms with van der Waals surface area (Å²) in [6.07, 6.45) is 10.9. The van der Waals surface area contributed by atoms with Crippen LogP contribution >= 0.6 is 0 Å². The first kappa shape index (κ1) is 38.1. The van der Waals surface area contributed by atoms with Gasteiger partial charge in [0.2, 0.25) is 6.41 Å². The predicted octanol–water partition coefficient (Wildman–Crippen LogP) is 6.36. The Kier molecular flexibility index (Phi) is 18.5. The number of carbonyl (C=O) groups is 1. The summed E-state index contributed by atoms with van der Waals surface area (Å²) in [6.45, 7) is 14.7. The number of hydrogen-bond acceptors (Lipinski definition) is 6. The van der Waals surface area contributed by atoms with E-state index < -0.39 is 11.6 Å². The van der Waals surface area contributed by atoms with Crippen LogP contribution in [0, 0.1) is 18.6 Å². The Bertz CT molecular complexity index is 1150. The van der Waals surface area contributed by atoms with Crippen molar-refractivity contribution < 1.29 is 18.3 Å². The summed E-state index contributed by atoms with van der Waals surface area (Å²) >= 11 is 0. The highest BCUT2D eigenvalue weighted by Crippen LogP contribution is 2.35. The molecule has 3 N–H and O–H groups in total. The highest BCUT2D eigenvalue weighted by Gasteiger charge is 2.29. The third kappa shape index (κ3) is 10.9. The number of halogens is 2. The van der Waals surface area contributed by atoms with Crippen LogP contribution in [0.25, 0.3) is 5.70 Å². The van der Waals surface area contributed by atoms with E-state index in [0.717, 1.165) is 80.2 Å². The summed E-state index contributed by atoms with van der Waals surface area (Å²) in [5.74, 6) is -0.439. The molecule has 1 aromatic carbocycles. The van der Waals surface area contributed by atoms with Crippen LogP contribution in [0.3, 0.4) is 0 Å². The minimum Gasteiger partial charge on any atom is -0.383 e. The first-order valence-electron chi connectivity index (χ1n) is 15.4. The van der Waals surface area contributed by atoms with Gasteiger partial charge in [-0.3, -0.25) is 9.69 Å². The number of nitrogens with two attached hydrogens (primary N) is 1. The van der Waals surface area contributed by atoms with E-state index in [1.165, 1.54) is 25.6 Å². The summed E-state index contributed by atoms with van der Waals surface area (Å²) in [5, 5.41) is 7.67. The topological polar surface area (TPSA) is 88.7 Å². The molecular formula is C33H54F2N6O2. The zero-order valence-corrected chi connectivity index (χ0v) is 27.5. The lowest BCUT2D eigenvalue weighted by Crippen LogP contribution is -2.24. The van der Waals surface area contributed by atoms with Gasteiger partial charge in [0.05, 0.1) is 18.3 Å². The van der Waals surface area contributed by atoms with E-state index in [-0.39, 0.29) is 0 Å². The molecule has 2 unspecified atom stereocenters. The van der Waals surface area contributed by atoms with E-state index in [2.05, 4.69) is 34.8 Å². The molecule has 10 heteroatoms. The Labute approximate surface area is 257 Å². The molecule has 0 bridgehead atoms. The summed E-state index contributed by atoms with van der Waals surface area (Å²) < 4.78 is 32.9. The fourth-order valence-corrected chi connectivity index (χ4v) is 5.36. The first-order valence-corrected chi connectivity index (χ1v) is 15.4. The van der Waals surface area contributed by atoms with E-state index in [4.69, 9.17) is 9.84 Å². The maximum absolute atomic E-state index is 13.1. The van der Waals surface area contributed by atoms with E-state index in [9.17, 15) is 13.6 Å². The average molecular weight is 605 g/mol. The van der Waals surface area contributed by atoms with E-state index in [1.807, 2.05) is 50.6 Å². The Hall–Kier alpha value is -2.92. The van der Waals surface area contributed by atoms with Crippen LogP contribution in [0.1, 0.15) is 82.2 Å². The standard InChI is InChI=1S/C17H26N4O.C13H17F2NO.C2H6.CH5N/c1-5-7-9-14(6-2)21-17(18-12-22)13(3)16(19-21)15-10-8-11-20(15)4;1-17-7-6-16-5-4-11(9-16)10-2-3-12(14)13(15)8-10;2*1-2/h5,7,9,12,15H,6,8,10-11H2,1-4H3,(H,18,22);2-3,8,11H,4-7,9H2,1H3;1-2H3;2H2,1H3/b7-5-,14-9+;;;. The molecule has 2 saturated heterocycles. The van der Waals surface area contributed by atoms with Crippen molar-refractivity contribution in [2.75, 3.05) is 59.3 Å². The number of aromatic nitrogens is 2. The van der Waals surface area contributed by atoms with Gasteiger partial charge < -0.3 is 20.7 Å². The molecule has 2 aliphatic heterocycles. The molecule has 2 fully saturated rings. The number of likely N-dealkylation sites (tertiary alicyclic amines) is 2. The second-order valence-corrected chi connectivity index (χ2v) is 10.2. The zero-order chi connectivity index (χ0) is 32.4. The largest absolute Gasteiger partial charge is 0.383 e. The fourth-order valence-electron chi connectivity index (χ4n) is 5.36. The van der Waals surface area contributed by atoms with Crippen molar-refractivity contribution >= 4 is 17.9 Å². The second-order valence-electron chi connectivity index (χ2n) is 10.2. The minimum absolute atomic E-state index is 0.307. The van der Waals surface area contributed by atoms with Crippen molar-refractivity contribution in [3.8, 4) is 0 Å². The van der Waals surface area contributed by atoms with Crippen LogP contribution in [0.4, 0.5) is 14.6 Å². The molecule has 3 heterocycles. The molecule has 0 spiro atoms. The zero-order valence-electron chi connectivity index (χ0n) is 27.5. The van der Waals surface area contributed by atoms with Gasteiger partial charge in [0.25, 0.3) is 0 Å². The quantitative estimate of drug-likeness (QED) is 0.243. The van der Waals surface area contributed by atoms with Crippen LogP contribution in [-0.4, -0.2) is 80.0 Å². The SMILES string of the molecule is C/C=C\C=C(/CC)n1nc(C2CCCN2C)c(C)c1NC=O.CC.CN.COCCN1CCC(c2ccc(F)c(F)c2)C1. The molecule has 4 rings (SSSR count). The van der Waals surface area contributed by atoms with Crippen molar-refractivity contribution in [2.24, 2.45) is 5.73 Å². The van der Waals surface area contributed by atoms with Gasteiger partial charge >= 0.3 is 0 Å². The van der Waals surface area contributed by atoms with E-state index in [1.54, 1.807) is 13.2 Å². The highest BCUT2D eigenvalue weighted by atomic mass is 19.2. The Balaban J connectivity index is 0.000000395. The lowest BCUT2D eigenvalue weighted by molar-refractivity contribution is -0.105. The van der Waals surface area contributed by atoms with Gasteiger partial charge in [-0.1, -0.05) is 39.0 Å². The predicted molar refractivity (Wildman–Crippen MR) is 174 cm³/mol. The number of allylic oxidation sites excluding steroid dienone is 4. The summed E-state index contributed by atoms with van der Waals surface area (Å²) in [7, 11) is 5.32. The highest BCUT2D eigenvalue weighted by molar-refractivity contribution is 5.74. The van der Waals surface area contributed by atoms with Crippen LogP contribution in [0.15, 0.2) is 36.4 Å². The van der Waals surface area contributed by atoms with E-state index in [0.29, 0.717) is 18.6 Å². The number of benzene rings is 1. The third-order valence-corrected chi connectivity index (χ3v) is 7.61. The normalized spacial score (nSPS) is 18.8. The maximum atomic E-state index is 13.1. The number of rotatable bonds is 10. The molecule has 8 nitrogen and oxygen atoms in total. The van der Waals surface area contributed by atoms with Crippen molar-refractivity contribution in [2.45, 2.75) is 72.3 Å². The van der Waals surface area contributed by atoms with E-state index >= 15 is 0 Å². The third-order valence-electron chi connectivity index (χ3n) is 7.61. The molecule has 2 aromatic rings. The van der Waals surface area contributed by atoms with Crippen LogP contribution in [-0.2, 0) is 9.53 Å². The molecule has 0 saturated carbocycles. The second kappa shape index (κ2) is 20.9. The first-order chi connectivity index (χ1) is 20.8. The summed E-state index contributed by atoms with van der Waals surface area (Å²) in [5.41, 5.74) is 8.59. The molecular weight excluding hydrogens is 550 g/mol.